The van der Waals surface area contributed by atoms with E-state index in [1.807, 2.05) is 73.5 Å². The molecule has 0 bridgehead atoms. The molecule has 0 spiro atoms. The number of nitrogens with one attached hydrogen (secondary N) is 1. The fraction of sp³-hybridized carbons (Fsp3) is 0.304. The van der Waals surface area contributed by atoms with E-state index in [9.17, 15) is 4.79 Å². The van der Waals surface area contributed by atoms with Crippen LogP contribution in [0.5, 0.6) is 5.75 Å². The number of hydrogen-bond donors (Lipinski definition) is 1. The fourth-order valence-electron chi connectivity index (χ4n) is 3.54. The van der Waals surface area contributed by atoms with E-state index in [0.717, 1.165) is 17.1 Å². The smallest absolute Gasteiger partial charge is 0.278 e. The first kappa shape index (κ1) is 21.4. The lowest BCUT2D eigenvalue weighted by Gasteiger charge is -2.09. The number of aromatic nitrogens is 5. The van der Waals surface area contributed by atoms with E-state index in [0.29, 0.717) is 35.1 Å². The Kier molecular flexibility index (Phi) is 5.81. The van der Waals surface area contributed by atoms with Crippen LogP contribution in [0.15, 0.2) is 40.9 Å². The number of carbonyl (C=O) groups excluding carboxylic acids is 1. The molecule has 3 heterocycles. The summed E-state index contributed by atoms with van der Waals surface area (Å²) in [6.45, 7) is 10.1. The van der Waals surface area contributed by atoms with Crippen molar-refractivity contribution in [3.8, 4) is 5.75 Å². The van der Waals surface area contributed by atoms with Gasteiger partial charge in [0.1, 0.15) is 24.8 Å². The molecular weight excluding hydrogens is 408 g/mol. The second kappa shape index (κ2) is 8.70. The summed E-state index contributed by atoms with van der Waals surface area (Å²) in [5, 5.41) is 16.0. The molecule has 0 aliphatic carbocycles. The molecule has 166 valence electrons. The fourth-order valence-corrected chi connectivity index (χ4v) is 3.54. The van der Waals surface area contributed by atoms with E-state index in [-0.39, 0.29) is 18.2 Å². The number of aryl methyl sites for hydroxylation is 4. The minimum absolute atomic E-state index is 0.178. The van der Waals surface area contributed by atoms with E-state index in [1.54, 1.807) is 6.92 Å². The Morgan fingerprint density at radius 3 is 2.50 bits per heavy atom. The number of carbonyl (C=O) groups is 1. The van der Waals surface area contributed by atoms with Crippen LogP contribution < -0.4 is 10.1 Å². The van der Waals surface area contributed by atoms with Gasteiger partial charge in [-0.05, 0) is 52.8 Å². The number of rotatable bonds is 7. The van der Waals surface area contributed by atoms with Gasteiger partial charge in [0.15, 0.2) is 5.69 Å². The van der Waals surface area contributed by atoms with Crippen molar-refractivity contribution in [2.75, 3.05) is 5.32 Å². The highest BCUT2D eigenvalue weighted by molar-refractivity contribution is 6.04. The van der Waals surface area contributed by atoms with Crippen molar-refractivity contribution in [2.45, 2.75) is 47.9 Å². The van der Waals surface area contributed by atoms with Crippen LogP contribution in [0.3, 0.4) is 0 Å². The second-order valence-electron chi connectivity index (χ2n) is 7.74. The van der Waals surface area contributed by atoms with Crippen molar-refractivity contribution in [1.29, 1.82) is 0 Å². The van der Waals surface area contributed by atoms with Crippen molar-refractivity contribution in [2.24, 2.45) is 0 Å². The van der Waals surface area contributed by atoms with Crippen LogP contribution in [0, 0.1) is 34.6 Å². The third-order valence-electron chi connectivity index (χ3n) is 5.32. The molecule has 0 radical (unpaired) electrons. The Balaban J connectivity index is 1.52. The summed E-state index contributed by atoms with van der Waals surface area (Å²) in [6, 6.07) is 11.4. The Bertz CT molecular complexity index is 1250. The first-order valence-corrected chi connectivity index (χ1v) is 10.3. The molecule has 4 rings (SSSR count). The van der Waals surface area contributed by atoms with Gasteiger partial charge in [-0.15, -0.1) is 0 Å². The third kappa shape index (κ3) is 4.27. The molecule has 1 N–H and O–H groups in total. The van der Waals surface area contributed by atoms with Crippen molar-refractivity contribution in [3.63, 3.8) is 0 Å². The first-order valence-electron chi connectivity index (χ1n) is 10.3. The summed E-state index contributed by atoms with van der Waals surface area (Å²) in [6.07, 6.45) is 0. The Hall–Kier alpha value is -3.88. The third-order valence-corrected chi connectivity index (χ3v) is 5.32. The molecular formula is C23H26N6O3. The van der Waals surface area contributed by atoms with E-state index >= 15 is 0 Å². The topological polar surface area (TPSA) is 100 Å². The Morgan fingerprint density at radius 1 is 1.06 bits per heavy atom. The van der Waals surface area contributed by atoms with E-state index in [4.69, 9.17) is 9.26 Å². The molecule has 9 nitrogen and oxygen atoms in total. The normalized spacial score (nSPS) is 11.0. The molecule has 0 aliphatic heterocycles. The molecule has 9 heteroatoms. The average Bonchev–Trinajstić information content (AvgIpc) is 3.38. The largest absolute Gasteiger partial charge is 0.489 e. The summed E-state index contributed by atoms with van der Waals surface area (Å²) in [7, 11) is 0. The Morgan fingerprint density at radius 2 is 1.81 bits per heavy atom. The second-order valence-corrected chi connectivity index (χ2v) is 7.74. The highest BCUT2D eigenvalue weighted by Crippen LogP contribution is 2.23. The maximum Gasteiger partial charge on any atom is 0.278 e. The number of hydrogen-bond acceptors (Lipinski definition) is 6. The van der Waals surface area contributed by atoms with Crippen molar-refractivity contribution < 1.29 is 14.1 Å². The number of anilines is 1. The summed E-state index contributed by atoms with van der Waals surface area (Å²) >= 11 is 0. The van der Waals surface area contributed by atoms with Crippen LogP contribution in [0.1, 0.15) is 44.6 Å². The van der Waals surface area contributed by atoms with Crippen LogP contribution in [0.4, 0.5) is 5.69 Å². The molecule has 0 unspecified atom stereocenters. The van der Waals surface area contributed by atoms with Gasteiger partial charge in [0.2, 0.25) is 0 Å². The van der Waals surface area contributed by atoms with E-state index < -0.39 is 0 Å². The zero-order valence-electron chi connectivity index (χ0n) is 18.8. The SMILES string of the molecule is Cc1cc(C)n(Cn2nc(C)c(NC(=O)c3noc(C)c3COc3ccccc3)c2C)n1. The van der Waals surface area contributed by atoms with Gasteiger partial charge in [-0.3, -0.25) is 4.79 Å². The predicted octanol–water partition coefficient (Wildman–Crippen LogP) is 3.95. The average molecular weight is 435 g/mol. The van der Waals surface area contributed by atoms with Crippen molar-refractivity contribution >= 4 is 11.6 Å². The van der Waals surface area contributed by atoms with Crippen LogP contribution in [-0.4, -0.2) is 30.6 Å². The molecule has 1 aromatic carbocycles. The number of para-hydroxylation sites is 1. The van der Waals surface area contributed by atoms with Gasteiger partial charge in [0, 0.05) is 5.69 Å². The van der Waals surface area contributed by atoms with Gasteiger partial charge in [0.25, 0.3) is 5.91 Å². The molecule has 32 heavy (non-hydrogen) atoms. The van der Waals surface area contributed by atoms with Crippen molar-refractivity contribution in [1.82, 2.24) is 24.7 Å². The van der Waals surface area contributed by atoms with Gasteiger partial charge >= 0.3 is 0 Å². The zero-order chi connectivity index (χ0) is 22.8. The Labute approximate surface area is 186 Å². The molecule has 0 saturated heterocycles. The lowest BCUT2D eigenvalue weighted by atomic mass is 10.2. The van der Waals surface area contributed by atoms with Crippen LogP contribution in [0.2, 0.25) is 0 Å². The zero-order valence-corrected chi connectivity index (χ0v) is 18.8. The van der Waals surface area contributed by atoms with Crippen LogP contribution in [-0.2, 0) is 13.3 Å². The van der Waals surface area contributed by atoms with E-state index in [2.05, 4.69) is 20.7 Å². The number of benzene rings is 1. The molecule has 0 atom stereocenters. The quantitative estimate of drug-likeness (QED) is 0.473. The minimum atomic E-state index is -0.370. The summed E-state index contributed by atoms with van der Waals surface area (Å²) in [5.74, 6) is 0.877. The van der Waals surface area contributed by atoms with Gasteiger partial charge in [-0.25, -0.2) is 9.36 Å². The highest BCUT2D eigenvalue weighted by atomic mass is 16.5. The molecule has 4 aromatic rings. The summed E-state index contributed by atoms with van der Waals surface area (Å²) in [4.78, 5) is 13.0. The maximum absolute atomic E-state index is 13.0. The summed E-state index contributed by atoms with van der Waals surface area (Å²) in [5.41, 5.74) is 4.98. The standard InChI is InChI=1S/C23H26N6O3/c1-14-11-15(2)28(25-14)13-29-17(4)21(16(3)26-29)24-23(30)22-20(18(5)32-27-22)12-31-19-9-7-6-8-10-19/h6-11H,12-13H2,1-5H3,(H,24,30). The van der Waals surface area contributed by atoms with Gasteiger partial charge < -0.3 is 14.6 Å². The molecule has 3 aromatic heterocycles. The lowest BCUT2D eigenvalue weighted by Crippen LogP contribution is -2.17. The van der Waals surface area contributed by atoms with Crippen LogP contribution in [0.25, 0.3) is 0 Å². The molecule has 0 fully saturated rings. The number of nitrogens with zero attached hydrogens (tertiary/aromatic N) is 5. The molecule has 0 aliphatic rings. The van der Waals surface area contributed by atoms with E-state index in [1.165, 1.54) is 0 Å². The van der Waals surface area contributed by atoms with Gasteiger partial charge in [-0.1, -0.05) is 23.4 Å². The molecule has 0 saturated carbocycles. The predicted molar refractivity (Wildman–Crippen MR) is 119 cm³/mol. The monoisotopic (exact) mass is 434 g/mol. The minimum Gasteiger partial charge on any atom is -0.489 e. The van der Waals surface area contributed by atoms with Crippen molar-refractivity contribution in [3.05, 3.63) is 76.2 Å². The number of amides is 1. The lowest BCUT2D eigenvalue weighted by molar-refractivity contribution is 0.101. The highest BCUT2D eigenvalue weighted by Gasteiger charge is 2.23. The number of ether oxygens (including phenoxy) is 1. The molecule has 1 amide bonds. The van der Waals surface area contributed by atoms with Crippen LogP contribution >= 0.6 is 0 Å². The van der Waals surface area contributed by atoms with Gasteiger partial charge in [-0.2, -0.15) is 10.2 Å². The maximum atomic E-state index is 13.0. The first-order chi connectivity index (χ1) is 15.3. The summed E-state index contributed by atoms with van der Waals surface area (Å²) < 4.78 is 14.8. The van der Waals surface area contributed by atoms with Gasteiger partial charge in [0.05, 0.1) is 28.3 Å².